The molecule has 2 aromatic heterocycles. The summed E-state index contributed by atoms with van der Waals surface area (Å²) < 4.78 is 1.74. The van der Waals surface area contributed by atoms with E-state index in [0.717, 1.165) is 12.1 Å². The van der Waals surface area contributed by atoms with Gasteiger partial charge in [-0.05, 0) is 32.2 Å². The van der Waals surface area contributed by atoms with Crippen LogP contribution in [0.5, 0.6) is 0 Å². The van der Waals surface area contributed by atoms with Crippen LogP contribution in [0.2, 0.25) is 0 Å². The summed E-state index contributed by atoms with van der Waals surface area (Å²) in [4.78, 5) is 16.6. The number of ketones is 1. The summed E-state index contributed by atoms with van der Waals surface area (Å²) in [5.74, 6) is 0.367. The predicted octanol–water partition coefficient (Wildman–Crippen LogP) is 1.98. The predicted molar refractivity (Wildman–Crippen MR) is 101 cm³/mol. The van der Waals surface area contributed by atoms with Crippen molar-refractivity contribution in [3.63, 3.8) is 0 Å². The number of carbonyl (C=O) groups is 1. The van der Waals surface area contributed by atoms with Gasteiger partial charge in [-0.25, -0.2) is 9.51 Å². The van der Waals surface area contributed by atoms with E-state index < -0.39 is 0 Å². The molecule has 2 heterocycles. The van der Waals surface area contributed by atoms with Crippen LogP contribution in [0.15, 0.2) is 51.8 Å². The lowest BCUT2D eigenvalue weighted by molar-refractivity contribution is -0.111. The number of nitrogens with two attached hydrogens (primary N) is 1. The largest absolute Gasteiger partial charge is 0.396 e. The van der Waals surface area contributed by atoms with E-state index in [0.29, 0.717) is 29.3 Å². The van der Waals surface area contributed by atoms with E-state index in [9.17, 15) is 4.79 Å². The van der Waals surface area contributed by atoms with Crippen molar-refractivity contribution in [2.75, 3.05) is 25.5 Å². The summed E-state index contributed by atoms with van der Waals surface area (Å²) >= 11 is 6.05. The van der Waals surface area contributed by atoms with Crippen molar-refractivity contribution in [2.45, 2.75) is 6.92 Å². The van der Waals surface area contributed by atoms with Crippen LogP contribution in [0.25, 0.3) is 5.52 Å². The molecular weight excluding hydrogens is 340 g/mol. The Morgan fingerprint density at radius 1 is 1.36 bits per heavy atom. The number of hydrogen-bond acceptors (Lipinski definition) is 6. The van der Waals surface area contributed by atoms with Gasteiger partial charge in [-0.1, -0.05) is 17.7 Å². The van der Waals surface area contributed by atoms with E-state index in [1.165, 1.54) is 0 Å². The maximum atomic E-state index is 11.9. The number of likely N-dealkylation sites (N-methyl/N-ethyl adjacent to an activating group) is 1. The third kappa shape index (κ3) is 3.29. The fourth-order valence-electron chi connectivity index (χ4n) is 2.49. The number of Topliss-reactive ketones (excluding diaryl/α,β-unsaturated/α-hetero) is 1. The van der Waals surface area contributed by atoms with Crippen LogP contribution < -0.4 is 16.4 Å². The molecule has 130 valence electrons. The molecule has 0 amide bonds. The first-order valence-corrected chi connectivity index (χ1v) is 8.24. The second-order valence-corrected chi connectivity index (χ2v) is 6.02. The molecule has 0 spiro atoms. The van der Waals surface area contributed by atoms with Gasteiger partial charge in [0, 0.05) is 24.9 Å². The van der Waals surface area contributed by atoms with Crippen molar-refractivity contribution in [1.82, 2.24) is 14.9 Å². The van der Waals surface area contributed by atoms with Gasteiger partial charge in [-0.3, -0.25) is 4.79 Å². The SMILES string of the molecule is CNCCNc1nn2ccccc2c1N=C1C=C(C)C(=O)C(Cl)=C1N. The highest BCUT2D eigenvalue weighted by Crippen LogP contribution is 2.31. The Balaban J connectivity index is 2.11. The molecule has 0 aromatic carbocycles. The highest BCUT2D eigenvalue weighted by atomic mass is 35.5. The van der Waals surface area contributed by atoms with Crippen molar-refractivity contribution in [3.8, 4) is 0 Å². The van der Waals surface area contributed by atoms with Crippen molar-refractivity contribution >= 4 is 40.1 Å². The number of halogens is 1. The fourth-order valence-corrected chi connectivity index (χ4v) is 2.74. The molecule has 3 rings (SSSR count). The monoisotopic (exact) mass is 358 g/mol. The van der Waals surface area contributed by atoms with Gasteiger partial charge >= 0.3 is 0 Å². The number of aromatic nitrogens is 2. The third-order valence-electron chi connectivity index (χ3n) is 3.84. The van der Waals surface area contributed by atoms with Gasteiger partial charge in [0.05, 0.1) is 16.9 Å². The van der Waals surface area contributed by atoms with Gasteiger partial charge in [-0.2, -0.15) is 0 Å². The lowest BCUT2D eigenvalue weighted by Crippen LogP contribution is -2.21. The zero-order valence-corrected chi connectivity index (χ0v) is 14.8. The van der Waals surface area contributed by atoms with E-state index in [2.05, 4.69) is 20.7 Å². The molecule has 2 aromatic rings. The van der Waals surface area contributed by atoms with E-state index in [1.54, 1.807) is 17.5 Å². The number of nitrogens with one attached hydrogen (secondary N) is 2. The minimum atomic E-state index is -0.273. The van der Waals surface area contributed by atoms with Crippen molar-refractivity contribution < 1.29 is 4.79 Å². The fraction of sp³-hybridized carbons (Fsp3) is 0.235. The Hall–Kier alpha value is -2.64. The Bertz CT molecular complexity index is 924. The standard InChI is InChI=1S/C17H19ClN6O/c1-10-9-11(14(19)13(18)16(10)25)22-15-12-5-3-4-8-24(12)23-17(15)21-7-6-20-2/h3-5,8-9,20H,6-7,19H2,1-2H3,(H,21,23). The normalized spacial score (nSPS) is 16.7. The van der Waals surface area contributed by atoms with Crippen LogP contribution in [-0.2, 0) is 4.79 Å². The number of nitrogens with zero attached hydrogens (tertiary/aromatic N) is 3. The van der Waals surface area contributed by atoms with E-state index >= 15 is 0 Å². The number of hydrogen-bond donors (Lipinski definition) is 3. The van der Waals surface area contributed by atoms with Crippen LogP contribution in [0.1, 0.15) is 6.92 Å². The van der Waals surface area contributed by atoms with Crippen LogP contribution in [0.4, 0.5) is 11.5 Å². The molecule has 1 aliphatic carbocycles. The number of pyridine rings is 1. The van der Waals surface area contributed by atoms with Crippen LogP contribution in [-0.4, -0.2) is 41.2 Å². The number of fused-ring (bicyclic) bond motifs is 1. The number of rotatable bonds is 5. The average Bonchev–Trinajstić information content (AvgIpc) is 2.96. The number of allylic oxidation sites excluding steroid dienone is 3. The Labute approximate surface area is 150 Å². The molecule has 25 heavy (non-hydrogen) atoms. The van der Waals surface area contributed by atoms with Crippen LogP contribution in [0.3, 0.4) is 0 Å². The van der Waals surface area contributed by atoms with Gasteiger partial charge < -0.3 is 16.4 Å². The summed E-state index contributed by atoms with van der Waals surface area (Å²) in [7, 11) is 1.88. The maximum absolute atomic E-state index is 11.9. The van der Waals surface area contributed by atoms with Crippen LogP contribution in [0, 0.1) is 0 Å². The van der Waals surface area contributed by atoms with Crippen molar-refractivity contribution in [3.05, 3.63) is 46.8 Å². The minimum absolute atomic E-state index is 0.0000777. The smallest absolute Gasteiger partial charge is 0.202 e. The van der Waals surface area contributed by atoms with E-state index in [1.807, 2.05) is 31.4 Å². The molecular formula is C17H19ClN6O. The highest BCUT2D eigenvalue weighted by molar-refractivity contribution is 6.49. The Kier molecular flexibility index (Phi) is 4.87. The summed E-state index contributed by atoms with van der Waals surface area (Å²) in [6.07, 6.45) is 3.49. The molecule has 0 saturated heterocycles. The van der Waals surface area contributed by atoms with Crippen molar-refractivity contribution in [2.24, 2.45) is 10.7 Å². The number of anilines is 1. The summed E-state index contributed by atoms with van der Waals surface area (Å²) in [5.41, 5.74) is 8.61. The van der Waals surface area contributed by atoms with Crippen LogP contribution >= 0.6 is 11.6 Å². The molecule has 8 heteroatoms. The first-order valence-electron chi connectivity index (χ1n) is 7.86. The lowest BCUT2D eigenvalue weighted by Gasteiger charge is -2.12. The lowest BCUT2D eigenvalue weighted by atomic mass is 10.0. The summed E-state index contributed by atoms with van der Waals surface area (Å²) in [6, 6.07) is 5.72. The quantitative estimate of drug-likeness (QED) is 0.561. The molecule has 0 unspecified atom stereocenters. The third-order valence-corrected chi connectivity index (χ3v) is 4.21. The second-order valence-electron chi connectivity index (χ2n) is 5.64. The zero-order chi connectivity index (χ0) is 18.0. The maximum Gasteiger partial charge on any atom is 0.202 e. The van der Waals surface area contributed by atoms with E-state index in [-0.39, 0.29) is 16.5 Å². The molecule has 1 aliphatic rings. The summed E-state index contributed by atoms with van der Waals surface area (Å²) in [5, 5.41) is 10.9. The first-order chi connectivity index (χ1) is 12.0. The highest BCUT2D eigenvalue weighted by Gasteiger charge is 2.23. The van der Waals surface area contributed by atoms with Crippen molar-refractivity contribution in [1.29, 1.82) is 0 Å². The molecule has 7 nitrogen and oxygen atoms in total. The van der Waals surface area contributed by atoms with Gasteiger partial charge in [0.2, 0.25) is 5.78 Å². The number of aliphatic imine (C=N–C) groups is 1. The Morgan fingerprint density at radius 2 is 2.16 bits per heavy atom. The topological polar surface area (TPSA) is 96.8 Å². The number of carbonyl (C=O) groups excluding carboxylic acids is 1. The van der Waals surface area contributed by atoms with Gasteiger partial charge in [0.15, 0.2) is 5.82 Å². The zero-order valence-electron chi connectivity index (χ0n) is 14.0. The van der Waals surface area contributed by atoms with E-state index in [4.69, 9.17) is 17.3 Å². The molecule has 0 fully saturated rings. The minimum Gasteiger partial charge on any atom is -0.396 e. The summed E-state index contributed by atoms with van der Waals surface area (Å²) in [6.45, 7) is 3.16. The average molecular weight is 359 g/mol. The second kappa shape index (κ2) is 7.08. The molecule has 4 N–H and O–H groups in total. The first kappa shape index (κ1) is 17.2. The van der Waals surface area contributed by atoms with Gasteiger partial charge in [-0.15, -0.1) is 5.10 Å². The molecule has 0 radical (unpaired) electrons. The van der Waals surface area contributed by atoms with Gasteiger partial charge in [0.1, 0.15) is 10.7 Å². The molecule has 0 aliphatic heterocycles. The molecule has 0 bridgehead atoms. The Morgan fingerprint density at radius 3 is 2.92 bits per heavy atom. The van der Waals surface area contributed by atoms with Gasteiger partial charge in [0.25, 0.3) is 0 Å². The molecule has 0 saturated carbocycles. The molecule has 0 atom stereocenters.